The van der Waals surface area contributed by atoms with Crippen molar-refractivity contribution in [3.63, 3.8) is 0 Å². The minimum Gasteiger partial charge on any atom is -0.463 e. The molecular formula is C25H21FN2O5S. The third-order valence-electron chi connectivity index (χ3n) is 5.16. The summed E-state index contributed by atoms with van der Waals surface area (Å²) < 4.78 is 26.8. The van der Waals surface area contributed by atoms with E-state index in [-0.39, 0.29) is 17.7 Å². The van der Waals surface area contributed by atoms with Crippen LogP contribution in [0.3, 0.4) is 0 Å². The Morgan fingerprint density at radius 3 is 2.53 bits per heavy atom. The van der Waals surface area contributed by atoms with Crippen LogP contribution in [0.2, 0.25) is 0 Å². The number of hydrogen-bond donors (Lipinski definition) is 0. The maximum absolute atomic E-state index is 14.9. The molecule has 0 fully saturated rings. The number of carbonyl (C=O) groups excluding carboxylic acids is 2. The monoisotopic (exact) mass is 480 g/mol. The zero-order chi connectivity index (χ0) is 24.4. The number of carbonyl (C=O) groups is 2. The molecule has 0 amide bonds. The second kappa shape index (κ2) is 9.56. The summed E-state index contributed by atoms with van der Waals surface area (Å²) in [4.78, 5) is 42.2. The number of nitrogens with zero attached hydrogens (tertiary/aromatic N) is 2. The first-order valence-corrected chi connectivity index (χ1v) is 11.3. The smallest absolute Gasteiger partial charge is 0.338 e. The van der Waals surface area contributed by atoms with Gasteiger partial charge in [0.2, 0.25) is 0 Å². The number of aromatic nitrogens is 1. The number of thiazole rings is 1. The molecule has 0 radical (unpaired) electrons. The molecule has 0 spiro atoms. The number of halogens is 1. The van der Waals surface area contributed by atoms with Gasteiger partial charge in [0, 0.05) is 12.5 Å². The van der Waals surface area contributed by atoms with E-state index in [1.165, 1.54) is 17.6 Å². The minimum atomic E-state index is -1.01. The molecule has 2 heterocycles. The van der Waals surface area contributed by atoms with Crippen LogP contribution in [0.1, 0.15) is 37.9 Å². The Hall–Kier alpha value is -3.85. The first-order chi connectivity index (χ1) is 16.3. The molecule has 0 saturated carbocycles. The summed E-state index contributed by atoms with van der Waals surface area (Å²) in [6.45, 7) is 4.76. The van der Waals surface area contributed by atoms with Gasteiger partial charge >= 0.3 is 11.9 Å². The van der Waals surface area contributed by atoms with Crippen LogP contribution in [-0.4, -0.2) is 23.1 Å². The Labute approximate surface area is 198 Å². The van der Waals surface area contributed by atoms with Gasteiger partial charge in [-0.25, -0.2) is 14.2 Å². The van der Waals surface area contributed by atoms with E-state index in [1.54, 1.807) is 62.4 Å². The van der Waals surface area contributed by atoms with E-state index < -0.39 is 29.4 Å². The van der Waals surface area contributed by atoms with E-state index in [9.17, 15) is 18.8 Å². The third kappa shape index (κ3) is 4.47. The molecule has 4 rings (SSSR count). The summed E-state index contributed by atoms with van der Waals surface area (Å²) >= 11 is 1.14. The fraction of sp³-hybridized carbons (Fsp3) is 0.200. The van der Waals surface area contributed by atoms with Gasteiger partial charge in [0.05, 0.1) is 22.4 Å². The Morgan fingerprint density at radius 1 is 1.18 bits per heavy atom. The molecule has 34 heavy (non-hydrogen) atoms. The van der Waals surface area contributed by atoms with E-state index in [2.05, 4.69) is 4.99 Å². The quantitative estimate of drug-likeness (QED) is 0.414. The number of hydrogen-bond acceptors (Lipinski definition) is 7. The SMILES string of the molecule is CCOC(=O)C1=C(C)N=c2s/c(=C/c3ccc(OC(C)=O)cc3)c(=O)n2C1c1ccccc1F. The van der Waals surface area contributed by atoms with Crippen molar-refractivity contribution in [1.82, 2.24) is 4.57 Å². The number of fused-ring (bicyclic) bond motifs is 1. The van der Waals surface area contributed by atoms with Gasteiger partial charge in [-0.3, -0.25) is 14.2 Å². The van der Waals surface area contributed by atoms with E-state index in [1.807, 2.05) is 0 Å². The molecule has 1 aromatic heterocycles. The summed E-state index contributed by atoms with van der Waals surface area (Å²) in [6, 6.07) is 11.7. The fourth-order valence-electron chi connectivity index (χ4n) is 3.73. The van der Waals surface area contributed by atoms with Crippen molar-refractivity contribution in [1.29, 1.82) is 0 Å². The lowest BCUT2D eigenvalue weighted by molar-refractivity contribution is -0.139. The summed E-state index contributed by atoms with van der Waals surface area (Å²) in [7, 11) is 0. The van der Waals surface area contributed by atoms with Crippen LogP contribution in [-0.2, 0) is 14.3 Å². The molecule has 0 saturated heterocycles. The van der Waals surface area contributed by atoms with Crippen LogP contribution >= 0.6 is 11.3 Å². The normalized spacial score (nSPS) is 15.5. The Morgan fingerprint density at radius 2 is 1.88 bits per heavy atom. The zero-order valence-electron chi connectivity index (χ0n) is 18.7. The first-order valence-electron chi connectivity index (χ1n) is 10.5. The molecule has 1 atom stereocenters. The number of ether oxygens (including phenoxy) is 2. The van der Waals surface area contributed by atoms with Crippen molar-refractivity contribution in [2.24, 2.45) is 4.99 Å². The molecule has 1 aliphatic rings. The average molecular weight is 481 g/mol. The first kappa shape index (κ1) is 23.3. The van der Waals surface area contributed by atoms with Gasteiger partial charge in [-0.15, -0.1) is 0 Å². The Balaban J connectivity index is 1.88. The molecule has 174 valence electrons. The minimum absolute atomic E-state index is 0.122. The lowest BCUT2D eigenvalue weighted by Gasteiger charge is -2.24. The highest BCUT2D eigenvalue weighted by atomic mass is 32.1. The maximum Gasteiger partial charge on any atom is 0.338 e. The van der Waals surface area contributed by atoms with Crippen LogP contribution < -0.4 is 19.6 Å². The van der Waals surface area contributed by atoms with Crippen LogP contribution in [0.25, 0.3) is 6.08 Å². The topological polar surface area (TPSA) is 87.0 Å². The highest BCUT2D eigenvalue weighted by molar-refractivity contribution is 7.07. The van der Waals surface area contributed by atoms with Gasteiger partial charge in [0.25, 0.3) is 5.56 Å². The average Bonchev–Trinajstić information content (AvgIpc) is 3.09. The molecule has 9 heteroatoms. The van der Waals surface area contributed by atoms with E-state index in [0.717, 1.165) is 11.3 Å². The molecule has 1 unspecified atom stereocenters. The Bertz CT molecular complexity index is 1480. The number of allylic oxidation sites excluding steroid dienone is 1. The third-order valence-corrected chi connectivity index (χ3v) is 6.14. The van der Waals surface area contributed by atoms with Crippen molar-refractivity contribution < 1.29 is 23.5 Å². The van der Waals surface area contributed by atoms with Crippen LogP contribution in [0.15, 0.2) is 69.6 Å². The lowest BCUT2D eigenvalue weighted by Crippen LogP contribution is -2.40. The van der Waals surface area contributed by atoms with Crippen molar-refractivity contribution in [3.05, 3.63) is 96.4 Å². The fourth-order valence-corrected chi connectivity index (χ4v) is 4.78. The summed E-state index contributed by atoms with van der Waals surface area (Å²) in [5, 5.41) is 0. The summed E-state index contributed by atoms with van der Waals surface area (Å²) in [5.74, 6) is -1.23. The highest BCUT2D eigenvalue weighted by Gasteiger charge is 2.34. The summed E-state index contributed by atoms with van der Waals surface area (Å²) in [5.41, 5.74) is 0.959. The summed E-state index contributed by atoms with van der Waals surface area (Å²) in [6.07, 6.45) is 1.67. The van der Waals surface area contributed by atoms with Crippen molar-refractivity contribution >= 4 is 29.4 Å². The van der Waals surface area contributed by atoms with Gasteiger partial charge < -0.3 is 9.47 Å². The van der Waals surface area contributed by atoms with Crippen LogP contribution in [0, 0.1) is 5.82 Å². The van der Waals surface area contributed by atoms with Crippen molar-refractivity contribution in [3.8, 4) is 5.75 Å². The van der Waals surface area contributed by atoms with Gasteiger partial charge in [-0.1, -0.05) is 41.7 Å². The van der Waals surface area contributed by atoms with Crippen molar-refractivity contribution in [2.75, 3.05) is 6.61 Å². The number of esters is 2. The van der Waals surface area contributed by atoms with Gasteiger partial charge in [-0.2, -0.15) is 0 Å². The molecule has 3 aromatic rings. The van der Waals surface area contributed by atoms with E-state index in [4.69, 9.17) is 9.47 Å². The van der Waals surface area contributed by atoms with Gasteiger partial charge in [-0.05, 0) is 43.7 Å². The van der Waals surface area contributed by atoms with Crippen LogP contribution in [0.5, 0.6) is 5.75 Å². The lowest BCUT2D eigenvalue weighted by atomic mass is 9.95. The van der Waals surface area contributed by atoms with Gasteiger partial charge in [0.1, 0.15) is 17.6 Å². The van der Waals surface area contributed by atoms with Gasteiger partial charge in [0.15, 0.2) is 4.80 Å². The predicted molar refractivity (Wildman–Crippen MR) is 125 cm³/mol. The maximum atomic E-state index is 14.9. The predicted octanol–water partition coefficient (Wildman–Crippen LogP) is 2.86. The molecule has 0 bridgehead atoms. The Kier molecular flexibility index (Phi) is 6.56. The largest absolute Gasteiger partial charge is 0.463 e. The molecule has 0 N–H and O–H groups in total. The highest BCUT2D eigenvalue weighted by Crippen LogP contribution is 2.32. The molecule has 0 aliphatic carbocycles. The molecular weight excluding hydrogens is 459 g/mol. The van der Waals surface area contributed by atoms with E-state index >= 15 is 0 Å². The number of benzene rings is 2. The second-order valence-corrected chi connectivity index (χ2v) is 8.50. The van der Waals surface area contributed by atoms with E-state index in [0.29, 0.717) is 26.3 Å². The van der Waals surface area contributed by atoms with Crippen LogP contribution in [0.4, 0.5) is 4.39 Å². The second-order valence-electron chi connectivity index (χ2n) is 7.49. The molecule has 2 aromatic carbocycles. The molecule has 1 aliphatic heterocycles. The standard InChI is InChI=1S/C25H21FN2O5S/c1-4-32-24(31)21-14(2)27-25-28(22(21)18-7-5-6-8-19(18)26)23(30)20(34-25)13-16-9-11-17(12-10-16)33-15(3)29/h5-13,22H,4H2,1-3H3/b20-13+. The van der Waals surface area contributed by atoms with Crippen molar-refractivity contribution in [2.45, 2.75) is 26.8 Å². The molecule has 7 nitrogen and oxygen atoms in total. The number of rotatable bonds is 5. The zero-order valence-corrected chi connectivity index (χ0v) is 19.5.